The first-order valence-electron chi connectivity index (χ1n) is 4.65. The molecular formula is C11H13N3O. The molecule has 1 heterocycles. The SMILES string of the molecule is CON(C)c1ccc2ncccc2c1N. The predicted molar refractivity (Wildman–Crippen MR) is 61.6 cm³/mol. The van der Waals surface area contributed by atoms with Gasteiger partial charge < -0.3 is 5.73 Å². The number of nitrogens with zero attached hydrogens (tertiary/aromatic N) is 2. The lowest BCUT2D eigenvalue weighted by Gasteiger charge is -2.18. The van der Waals surface area contributed by atoms with Gasteiger partial charge in [-0.2, -0.15) is 0 Å². The molecule has 0 radical (unpaired) electrons. The maximum Gasteiger partial charge on any atom is 0.0870 e. The topological polar surface area (TPSA) is 51.4 Å². The minimum Gasteiger partial charge on any atom is -0.396 e. The third-order valence-electron chi connectivity index (χ3n) is 2.42. The van der Waals surface area contributed by atoms with Gasteiger partial charge in [-0.3, -0.25) is 14.9 Å². The van der Waals surface area contributed by atoms with Crippen LogP contribution in [0.4, 0.5) is 11.4 Å². The Hall–Kier alpha value is -1.81. The van der Waals surface area contributed by atoms with Gasteiger partial charge in [0.1, 0.15) is 0 Å². The Kier molecular flexibility index (Phi) is 2.43. The van der Waals surface area contributed by atoms with Crippen molar-refractivity contribution in [3.8, 4) is 0 Å². The number of pyridine rings is 1. The number of nitrogen functional groups attached to an aromatic ring is 1. The molecule has 0 unspecified atom stereocenters. The summed E-state index contributed by atoms with van der Waals surface area (Å²) in [7, 11) is 3.42. The van der Waals surface area contributed by atoms with Gasteiger partial charge >= 0.3 is 0 Å². The predicted octanol–water partition coefficient (Wildman–Crippen LogP) is 1.81. The number of fused-ring (bicyclic) bond motifs is 1. The number of aromatic nitrogens is 1. The van der Waals surface area contributed by atoms with Gasteiger partial charge in [0, 0.05) is 18.6 Å². The minimum atomic E-state index is 0.685. The first-order valence-corrected chi connectivity index (χ1v) is 4.65. The summed E-state index contributed by atoms with van der Waals surface area (Å²) in [4.78, 5) is 9.33. The van der Waals surface area contributed by atoms with Crippen molar-refractivity contribution < 1.29 is 4.84 Å². The highest BCUT2D eigenvalue weighted by molar-refractivity contribution is 5.96. The second kappa shape index (κ2) is 3.74. The second-order valence-corrected chi connectivity index (χ2v) is 3.25. The number of hydrogen-bond donors (Lipinski definition) is 1. The van der Waals surface area contributed by atoms with Crippen LogP contribution in [0.3, 0.4) is 0 Å². The summed E-state index contributed by atoms with van der Waals surface area (Å²) in [5.41, 5.74) is 8.46. The van der Waals surface area contributed by atoms with Crippen LogP contribution >= 0.6 is 0 Å². The molecule has 2 rings (SSSR count). The molecule has 0 fully saturated rings. The van der Waals surface area contributed by atoms with Crippen molar-refractivity contribution in [3.05, 3.63) is 30.5 Å². The highest BCUT2D eigenvalue weighted by Gasteiger charge is 2.08. The summed E-state index contributed by atoms with van der Waals surface area (Å²) in [5.74, 6) is 0. The second-order valence-electron chi connectivity index (χ2n) is 3.25. The molecule has 4 heteroatoms. The summed E-state index contributed by atoms with van der Waals surface area (Å²) in [6.45, 7) is 0. The normalized spacial score (nSPS) is 10.5. The van der Waals surface area contributed by atoms with E-state index in [-0.39, 0.29) is 0 Å². The van der Waals surface area contributed by atoms with E-state index in [9.17, 15) is 0 Å². The zero-order valence-corrected chi connectivity index (χ0v) is 8.77. The first kappa shape index (κ1) is 9.73. The Labute approximate surface area is 88.2 Å². The van der Waals surface area contributed by atoms with Crippen molar-refractivity contribution in [2.45, 2.75) is 0 Å². The van der Waals surface area contributed by atoms with E-state index in [0.29, 0.717) is 5.69 Å². The quantitative estimate of drug-likeness (QED) is 0.597. The highest BCUT2D eigenvalue weighted by Crippen LogP contribution is 2.29. The molecule has 4 nitrogen and oxygen atoms in total. The van der Waals surface area contributed by atoms with E-state index in [1.54, 1.807) is 18.4 Å². The lowest BCUT2D eigenvalue weighted by Crippen LogP contribution is -2.16. The summed E-state index contributed by atoms with van der Waals surface area (Å²) < 4.78 is 0. The van der Waals surface area contributed by atoms with Crippen LogP contribution in [0, 0.1) is 0 Å². The number of benzene rings is 1. The molecule has 2 aromatic rings. The summed E-state index contributed by atoms with van der Waals surface area (Å²) in [6.07, 6.45) is 1.75. The van der Waals surface area contributed by atoms with E-state index < -0.39 is 0 Å². The van der Waals surface area contributed by atoms with Crippen molar-refractivity contribution in [3.63, 3.8) is 0 Å². The first-order chi connectivity index (χ1) is 7.24. The Morgan fingerprint density at radius 2 is 2.13 bits per heavy atom. The Morgan fingerprint density at radius 3 is 2.87 bits per heavy atom. The van der Waals surface area contributed by atoms with Crippen molar-refractivity contribution in [1.29, 1.82) is 0 Å². The third kappa shape index (κ3) is 1.59. The Balaban J connectivity index is 2.65. The number of anilines is 2. The Morgan fingerprint density at radius 1 is 1.33 bits per heavy atom. The van der Waals surface area contributed by atoms with Crippen LogP contribution in [0.25, 0.3) is 10.9 Å². The molecule has 0 bridgehead atoms. The average molecular weight is 203 g/mol. The van der Waals surface area contributed by atoms with Gasteiger partial charge in [0.05, 0.1) is 24.0 Å². The summed E-state index contributed by atoms with van der Waals surface area (Å²) in [6, 6.07) is 7.64. The minimum absolute atomic E-state index is 0.685. The maximum absolute atomic E-state index is 6.03. The number of hydrogen-bond acceptors (Lipinski definition) is 4. The highest BCUT2D eigenvalue weighted by atomic mass is 16.7. The van der Waals surface area contributed by atoms with Crippen molar-refractivity contribution in [1.82, 2.24) is 4.98 Å². The standard InChI is InChI=1S/C11H13N3O/c1-14(15-2)10-6-5-9-8(11(10)12)4-3-7-13-9/h3-7H,12H2,1-2H3. The molecule has 0 aliphatic carbocycles. The van der Waals surface area contributed by atoms with Gasteiger partial charge in [-0.15, -0.1) is 0 Å². The van der Waals surface area contributed by atoms with Gasteiger partial charge in [-0.1, -0.05) is 0 Å². The third-order valence-corrected chi connectivity index (χ3v) is 2.42. The van der Waals surface area contributed by atoms with Crippen LogP contribution in [-0.4, -0.2) is 19.1 Å². The van der Waals surface area contributed by atoms with Gasteiger partial charge in [-0.25, -0.2) is 0 Å². The molecule has 1 aromatic heterocycles. The fourth-order valence-corrected chi connectivity index (χ4v) is 1.54. The number of rotatable bonds is 2. The average Bonchev–Trinajstić information content (AvgIpc) is 2.29. The van der Waals surface area contributed by atoms with E-state index in [4.69, 9.17) is 10.6 Å². The molecule has 0 amide bonds. The van der Waals surface area contributed by atoms with Crippen LogP contribution in [0.15, 0.2) is 30.5 Å². The van der Waals surface area contributed by atoms with Crippen LogP contribution in [0.2, 0.25) is 0 Å². The summed E-state index contributed by atoms with van der Waals surface area (Å²) in [5, 5.41) is 2.57. The molecule has 0 saturated carbocycles. The molecule has 15 heavy (non-hydrogen) atoms. The molecule has 0 aliphatic rings. The summed E-state index contributed by atoms with van der Waals surface area (Å²) >= 11 is 0. The molecule has 0 spiro atoms. The molecule has 1 aromatic carbocycles. The zero-order chi connectivity index (χ0) is 10.8. The fraction of sp³-hybridized carbons (Fsp3) is 0.182. The van der Waals surface area contributed by atoms with E-state index >= 15 is 0 Å². The molecule has 0 atom stereocenters. The van der Waals surface area contributed by atoms with Crippen LogP contribution in [0.5, 0.6) is 0 Å². The van der Waals surface area contributed by atoms with E-state index in [1.165, 1.54) is 0 Å². The van der Waals surface area contributed by atoms with E-state index in [2.05, 4.69) is 4.98 Å². The maximum atomic E-state index is 6.03. The van der Waals surface area contributed by atoms with Crippen LogP contribution in [0.1, 0.15) is 0 Å². The molecule has 2 N–H and O–H groups in total. The van der Waals surface area contributed by atoms with Crippen LogP contribution < -0.4 is 10.8 Å². The molecule has 78 valence electrons. The zero-order valence-electron chi connectivity index (χ0n) is 8.77. The van der Waals surface area contributed by atoms with Crippen molar-refractivity contribution in [2.75, 3.05) is 25.0 Å². The number of hydroxylamine groups is 1. The molecular weight excluding hydrogens is 190 g/mol. The van der Waals surface area contributed by atoms with Crippen molar-refractivity contribution >= 4 is 22.3 Å². The van der Waals surface area contributed by atoms with Gasteiger partial charge in [-0.05, 0) is 24.3 Å². The molecule has 0 saturated heterocycles. The smallest absolute Gasteiger partial charge is 0.0870 e. The fourth-order valence-electron chi connectivity index (χ4n) is 1.54. The van der Waals surface area contributed by atoms with Gasteiger partial charge in [0.2, 0.25) is 0 Å². The largest absolute Gasteiger partial charge is 0.396 e. The molecule has 0 aliphatic heterocycles. The van der Waals surface area contributed by atoms with E-state index in [1.807, 2.05) is 31.3 Å². The van der Waals surface area contributed by atoms with Gasteiger partial charge in [0.15, 0.2) is 0 Å². The monoisotopic (exact) mass is 203 g/mol. The lowest BCUT2D eigenvalue weighted by molar-refractivity contribution is 0.185. The van der Waals surface area contributed by atoms with Gasteiger partial charge in [0.25, 0.3) is 0 Å². The van der Waals surface area contributed by atoms with Crippen molar-refractivity contribution in [2.24, 2.45) is 0 Å². The lowest BCUT2D eigenvalue weighted by atomic mass is 10.1. The van der Waals surface area contributed by atoms with Crippen LogP contribution in [-0.2, 0) is 4.84 Å². The van der Waals surface area contributed by atoms with E-state index in [0.717, 1.165) is 16.6 Å². The number of nitrogens with two attached hydrogens (primary N) is 1. The Bertz CT molecular complexity index is 484.